The Hall–Kier alpha value is -4.67. The number of amides is 8. The zero-order chi connectivity index (χ0) is 46.9. The molecule has 17 nitrogen and oxygen atoms in total. The van der Waals surface area contributed by atoms with Crippen LogP contribution in [0.5, 0.6) is 0 Å². The Morgan fingerprint density at radius 3 is 1.67 bits per heavy atom. The van der Waals surface area contributed by atoms with E-state index in [-0.39, 0.29) is 43.4 Å². The van der Waals surface area contributed by atoms with Crippen molar-refractivity contribution in [3.05, 3.63) is 24.3 Å². The van der Waals surface area contributed by atoms with Gasteiger partial charge >= 0.3 is 6.03 Å². The highest BCUT2D eigenvalue weighted by atomic mass is 16.3. The predicted molar refractivity (Wildman–Crippen MR) is 234 cm³/mol. The minimum Gasteiger partial charge on any atom is -0.390 e. The van der Waals surface area contributed by atoms with Crippen LogP contribution in [0.25, 0.3) is 0 Å². The summed E-state index contributed by atoms with van der Waals surface area (Å²) in [5.74, 6) is -3.61. The lowest BCUT2D eigenvalue weighted by Gasteiger charge is -2.41. The number of rotatable bonds is 24. The van der Waals surface area contributed by atoms with Crippen molar-refractivity contribution in [1.82, 2.24) is 45.1 Å². The molecule has 0 bridgehead atoms. The van der Waals surface area contributed by atoms with Gasteiger partial charge in [0.15, 0.2) is 0 Å². The highest BCUT2D eigenvalue weighted by molar-refractivity contribution is 5.98. The van der Waals surface area contributed by atoms with Gasteiger partial charge < -0.3 is 34.9 Å². The molecule has 61 heavy (non-hydrogen) atoms. The fraction of sp³-hybridized carbons (Fsp3) is 0.750. The molecule has 0 aliphatic rings. The largest absolute Gasteiger partial charge is 0.390 e. The highest BCUT2D eigenvalue weighted by Gasteiger charge is 2.44. The average molecular weight is 860 g/mol. The van der Waals surface area contributed by atoms with E-state index >= 15 is 0 Å². The van der Waals surface area contributed by atoms with Crippen molar-refractivity contribution in [3.63, 3.8) is 0 Å². The summed E-state index contributed by atoms with van der Waals surface area (Å²) in [7, 11) is 7.46. The van der Waals surface area contributed by atoms with Crippen molar-refractivity contribution in [2.45, 2.75) is 150 Å². The van der Waals surface area contributed by atoms with E-state index in [1.807, 2.05) is 34.6 Å². The summed E-state index contributed by atoms with van der Waals surface area (Å²) < 4.78 is 0. The summed E-state index contributed by atoms with van der Waals surface area (Å²) in [6.07, 6.45) is 4.37. The Labute approximate surface area is 364 Å². The Morgan fingerprint density at radius 2 is 1.20 bits per heavy atom. The Kier molecular flexibility index (Phi) is 23.1. The number of hydrogen-bond acceptors (Lipinski definition) is 10. The maximum Gasteiger partial charge on any atom is 0.324 e. The summed E-state index contributed by atoms with van der Waals surface area (Å²) in [6, 6.07) is -4.56. The van der Waals surface area contributed by atoms with E-state index in [0.29, 0.717) is 31.6 Å². The predicted octanol–water partition coefficient (Wildman–Crippen LogP) is 3.35. The minimum absolute atomic E-state index is 0.0285. The Bertz CT molecular complexity index is 1590. The number of aliphatic hydroxyl groups excluding tert-OH is 1. The van der Waals surface area contributed by atoms with Gasteiger partial charge in [0.25, 0.3) is 0 Å². The second-order valence-corrected chi connectivity index (χ2v) is 17.4. The molecule has 0 saturated carbocycles. The molecule has 0 aliphatic heterocycles. The maximum atomic E-state index is 14.8. The summed E-state index contributed by atoms with van der Waals surface area (Å²) in [4.78, 5) is 111. The molecule has 17 heteroatoms. The molecular formula is C44H77N9O8. The van der Waals surface area contributed by atoms with Crippen molar-refractivity contribution in [2.75, 3.05) is 41.8 Å². The van der Waals surface area contributed by atoms with Gasteiger partial charge in [-0.2, -0.15) is 0 Å². The van der Waals surface area contributed by atoms with Gasteiger partial charge in [0, 0.05) is 67.0 Å². The lowest BCUT2D eigenvalue weighted by atomic mass is 9.90. The third-order valence-corrected chi connectivity index (χ3v) is 11.3. The average Bonchev–Trinajstić information content (AvgIpc) is 3.21. The van der Waals surface area contributed by atoms with Crippen molar-refractivity contribution >= 4 is 41.5 Å². The molecule has 8 amide bonds. The van der Waals surface area contributed by atoms with Crippen LogP contribution in [-0.2, 0) is 35.2 Å². The molecule has 7 atom stereocenters. The zero-order valence-corrected chi connectivity index (χ0v) is 39.6. The SMILES string of the molecule is CCC(=O)NC(=O)N(C)[C@@H](CC(C)C)C(=O)N(C)[C@@H](CC(C)C)C(=O)N(C)[C@H](C(=O)N(C)[C@H](C(=O)N[C@@H](CC)C(=O)N(C)CC)[C@H](O)[C@H](C)CCCc1ncccn1)C(C)C. The monoisotopic (exact) mass is 860 g/mol. The van der Waals surface area contributed by atoms with Crippen LogP contribution < -0.4 is 10.6 Å². The van der Waals surface area contributed by atoms with E-state index in [9.17, 15) is 38.7 Å². The second-order valence-electron chi connectivity index (χ2n) is 17.4. The summed E-state index contributed by atoms with van der Waals surface area (Å²) in [6.45, 7) is 18.5. The molecule has 0 fully saturated rings. The van der Waals surface area contributed by atoms with Crippen LogP contribution in [0.3, 0.4) is 0 Å². The highest BCUT2D eigenvalue weighted by Crippen LogP contribution is 2.25. The topological polar surface area (TPSA) is 206 Å². The number of hydrogen-bond donors (Lipinski definition) is 3. The van der Waals surface area contributed by atoms with Crippen molar-refractivity contribution in [3.8, 4) is 0 Å². The minimum atomic E-state index is -1.44. The molecule has 0 aromatic carbocycles. The number of aryl methyl sites for hydroxylation is 1. The van der Waals surface area contributed by atoms with Crippen molar-refractivity contribution in [2.24, 2.45) is 23.7 Å². The smallest absolute Gasteiger partial charge is 0.324 e. The molecule has 1 aromatic heterocycles. The molecule has 1 aromatic rings. The van der Waals surface area contributed by atoms with Gasteiger partial charge in [-0.3, -0.25) is 34.1 Å². The van der Waals surface area contributed by atoms with E-state index in [0.717, 1.165) is 0 Å². The maximum absolute atomic E-state index is 14.8. The van der Waals surface area contributed by atoms with E-state index in [2.05, 4.69) is 20.6 Å². The molecule has 0 aliphatic carbocycles. The first kappa shape index (κ1) is 54.3. The van der Waals surface area contributed by atoms with E-state index < -0.39 is 83.7 Å². The molecule has 3 N–H and O–H groups in total. The van der Waals surface area contributed by atoms with E-state index in [4.69, 9.17) is 0 Å². The first-order valence-corrected chi connectivity index (χ1v) is 21.8. The number of nitrogens with zero attached hydrogens (tertiary/aromatic N) is 7. The molecule has 0 spiro atoms. The van der Waals surface area contributed by atoms with Crippen molar-refractivity contribution < 1.29 is 38.7 Å². The number of likely N-dealkylation sites (N-methyl/N-ethyl adjacent to an activating group) is 5. The number of urea groups is 1. The number of imide groups is 1. The second kappa shape index (κ2) is 26.0. The number of carbonyl (C=O) groups excluding carboxylic acids is 7. The third-order valence-electron chi connectivity index (χ3n) is 11.3. The van der Waals surface area contributed by atoms with Gasteiger partial charge in [-0.25, -0.2) is 14.8 Å². The molecule has 1 rings (SSSR count). The molecule has 1 heterocycles. The normalized spacial score (nSPS) is 14.9. The van der Waals surface area contributed by atoms with Crippen LogP contribution in [0.2, 0.25) is 0 Å². The van der Waals surface area contributed by atoms with Crippen LogP contribution in [0.15, 0.2) is 18.5 Å². The standard InChI is InChI=1S/C44H77N9O8/c1-16-31(40(57)49(11)18-3)47-39(56)37(38(55)30(10)21-19-22-34-45-23-20-24-46-34)53(15)43(60)36(29(8)9)52(14)42(59)32(25-27(4)5)50(12)41(58)33(26-28(6)7)51(13)44(61)48-35(54)17-2/h20,23-24,27-33,36-38,55H,16-19,21-22,25-26H2,1-15H3,(H,47,56)(H,48,54,61)/t30-,31+,32+,33+,36+,37+,38-/m1/s1. The van der Waals surface area contributed by atoms with Crippen LogP contribution in [0, 0.1) is 23.7 Å². The lowest BCUT2D eigenvalue weighted by Crippen LogP contribution is -2.63. The van der Waals surface area contributed by atoms with Crippen molar-refractivity contribution in [1.29, 1.82) is 0 Å². The van der Waals surface area contributed by atoms with Crippen LogP contribution >= 0.6 is 0 Å². The number of carbonyl (C=O) groups is 7. The molecular weight excluding hydrogens is 783 g/mol. The van der Waals surface area contributed by atoms with Gasteiger partial charge in [0.1, 0.15) is 36.0 Å². The zero-order valence-electron chi connectivity index (χ0n) is 39.6. The van der Waals surface area contributed by atoms with Gasteiger partial charge in [0.2, 0.25) is 35.4 Å². The summed E-state index contributed by atoms with van der Waals surface area (Å²) >= 11 is 0. The third kappa shape index (κ3) is 15.9. The van der Waals surface area contributed by atoms with E-state index in [1.165, 1.54) is 52.7 Å². The summed E-state index contributed by atoms with van der Waals surface area (Å²) in [5, 5.41) is 17.0. The molecule has 0 saturated heterocycles. The van der Waals surface area contributed by atoms with Crippen LogP contribution in [0.1, 0.15) is 114 Å². The number of aromatic nitrogens is 2. The van der Waals surface area contributed by atoms with E-state index in [1.54, 1.807) is 60.1 Å². The number of nitrogens with one attached hydrogen (secondary N) is 2. The quantitative estimate of drug-likeness (QED) is 0.138. The molecule has 0 unspecified atom stereocenters. The molecule has 346 valence electrons. The van der Waals surface area contributed by atoms with Gasteiger partial charge in [-0.15, -0.1) is 0 Å². The van der Waals surface area contributed by atoms with Gasteiger partial charge in [-0.05, 0) is 68.8 Å². The Balaban J connectivity index is 3.65. The fourth-order valence-corrected chi connectivity index (χ4v) is 7.28. The summed E-state index contributed by atoms with van der Waals surface area (Å²) in [5.41, 5.74) is 0. The Morgan fingerprint density at radius 1 is 0.689 bits per heavy atom. The molecule has 0 radical (unpaired) electrons. The first-order chi connectivity index (χ1) is 28.5. The van der Waals surface area contributed by atoms with Gasteiger partial charge in [0.05, 0.1) is 6.10 Å². The van der Waals surface area contributed by atoms with Crippen LogP contribution in [-0.4, -0.2) is 159 Å². The fourth-order valence-electron chi connectivity index (χ4n) is 7.28. The number of aliphatic hydroxyl groups is 1. The van der Waals surface area contributed by atoms with Gasteiger partial charge in [-0.1, -0.05) is 62.3 Å². The van der Waals surface area contributed by atoms with Crippen LogP contribution in [0.4, 0.5) is 4.79 Å². The first-order valence-electron chi connectivity index (χ1n) is 21.8. The lowest BCUT2D eigenvalue weighted by molar-refractivity contribution is -0.156.